The minimum atomic E-state index is 0.737. The van der Waals surface area contributed by atoms with Crippen LogP contribution in [0.1, 0.15) is 5.56 Å². The average Bonchev–Trinajstić information content (AvgIpc) is 2.33. The number of benzene rings is 2. The van der Waals surface area contributed by atoms with Crippen molar-refractivity contribution in [3.63, 3.8) is 0 Å². The van der Waals surface area contributed by atoms with E-state index < -0.39 is 0 Å². The summed E-state index contributed by atoms with van der Waals surface area (Å²) in [6.45, 7) is 0. The van der Waals surface area contributed by atoms with E-state index in [0.717, 1.165) is 16.3 Å². The van der Waals surface area contributed by atoms with E-state index in [-0.39, 0.29) is 0 Å². The van der Waals surface area contributed by atoms with Crippen LogP contribution in [0, 0.1) is 0 Å². The Morgan fingerprint density at radius 3 is 2.25 bits per heavy atom. The van der Waals surface area contributed by atoms with Crippen LogP contribution in [-0.2, 0) is 0 Å². The van der Waals surface area contributed by atoms with Crippen LogP contribution in [0.4, 0.5) is 0 Å². The topological polar surface area (TPSA) is 9.23 Å². The van der Waals surface area contributed by atoms with Crippen molar-refractivity contribution in [3.8, 4) is 5.75 Å². The van der Waals surface area contributed by atoms with E-state index in [2.05, 4.69) is 0 Å². The molecule has 0 saturated heterocycles. The summed E-state index contributed by atoms with van der Waals surface area (Å²) in [5, 5.41) is 0.737. The van der Waals surface area contributed by atoms with Crippen LogP contribution in [0.25, 0.3) is 6.08 Å². The van der Waals surface area contributed by atoms with Gasteiger partial charge in [-0.2, -0.15) is 0 Å². The molecule has 0 fully saturated rings. The second kappa shape index (κ2) is 5.38. The Bertz CT molecular complexity index is 460. The van der Waals surface area contributed by atoms with Gasteiger partial charge in [0.05, 0.1) is 6.26 Å². The Morgan fingerprint density at radius 1 is 0.875 bits per heavy atom. The molecule has 0 spiro atoms. The Hall–Kier alpha value is -1.73. The van der Waals surface area contributed by atoms with Crippen molar-refractivity contribution in [1.29, 1.82) is 0 Å². The normalized spacial score (nSPS) is 10.6. The Balaban J connectivity index is 1.98. The Labute approximate surface area is 99.9 Å². The monoisotopic (exact) mass is 230 g/mol. The summed E-state index contributed by atoms with van der Waals surface area (Å²) in [7, 11) is 0. The van der Waals surface area contributed by atoms with Gasteiger partial charge >= 0.3 is 0 Å². The molecule has 0 bridgehead atoms. The molecular weight excluding hydrogens is 220 g/mol. The first-order valence-corrected chi connectivity index (χ1v) is 5.36. The van der Waals surface area contributed by atoms with Crippen molar-refractivity contribution < 1.29 is 4.74 Å². The lowest BCUT2D eigenvalue weighted by Crippen LogP contribution is -1.80. The van der Waals surface area contributed by atoms with E-state index in [4.69, 9.17) is 16.3 Å². The quantitative estimate of drug-likeness (QED) is 0.711. The summed E-state index contributed by atoms with van der Waals surface area (Å²) in [5.41, 5.74) is 1.06. The van der Waals surface area contributed by atoms with Crippen LogP contribution in [0.3, 0.4) is 0 Å². The van der Waals surface area contributed by atoms with Gasteiger partial charge in [0.2, 0.25) is 0 Å². The molecule has 0 aliphatic heterocycles. The van der Waals surface area contributed by atoms with Crippen molar-refractivity contribution in [2.24, 2.45) is 0 Å². The molecule has 2 aromatic rings. The van der Waals surface area contributed by atoms with Crippen molar-refractivity contribution >= 4 is 17.7 Å². The zero-order chi connectivity index (χ0) is 11.2. The zero-order valence-electron chi connectivity index (χ0n) is 8.64. The molecule has 0 N–H and O–H groups in total. The molecule has 1 nitrogen and oxygen atoms in total. The van der Waals surface area contributed by atoms with Crippen LogP contribution in [-0.4, -0.2) is 0 Å². The van der Waals surface area contributed by atoms with Crippen molar-refractivity contribution in [2.75, 3.05) is 0 Å². The van der Waals surface area contributed by atoms with Crippen LogP contribution in [0.15, 0.2) is 60.9 Å². The molecule has 80 valence electrons. The van der Waals surface area contributed by atoms with Crippen LogP contribution < -0.4 is 4.74 Å². The first-order valence-electron chi connectivity index (χ1n) is 4.98. The number of hydrogen-bond acceptors (Lipinski definition) is 1. The standard InChI is InChI=1S/C14H11ClO/c15-13-8-6-12(7-9-13)10-11-16-14-4-2-1-3-5-14/h1-11H/b11-10-. The highest BCUT2D eigenvalue weighted by molar-refractivity contribution is 6.30. The van der Waals surface area contributed by atoms with E-state index >= 15 is 0 Å². The van der Waals surface area contributed by atoms with Crippen molar-refractivity contribution in [3.05, 3.63) is 71.4 Å². The summed E-state index contributed by atoms with van der Waals surface area (Å²) >= 11 is 5.79. The lowest BCUT2D eigenvalue weighted by molar-refractivity contribution is 0.485. The third kappa shape index (κ3) is 3.14. The highest BCUT2D eigenvalue weighted by atomic mass is 35.5. The predicted octanol–water partition coefficient (Wildman–Crippen LogP) is 4.39. The highest BCUT2D eigenvalue weighted by Crippen LogP contribution is 2.12. The summed E-state index contributed by atoms with van der Waals surface area (Å²) in [5.74, 6) is 0.827. The van der Waals surface area contributed by atoms with E-state index in [9.17, 15) is 0 Å². The lowest BCUT2D eigenvalue weighted by Gasteiger charge is -1.98. The first kappa shape index (κ1) is 10.8. The maximum atomic E-state index is 5.79. The molecule has 0 amide bonds. The third-order valence-electron chi connectivity index (χ3n) is 2.08. The SMILES string of the molecule is Clc1ccc(/C=C\Oc2ccccc2)cc1. The van der Waals surface area contributed by atoms with Gasteiger partial charge in [-0.05, 0) is 35.9 Å². The first-order chi connectivity index (χ1) is 7.84. The number of ether oxygens (including phenoxy) is 1. The lowest BCUT2D eigenvalue weighted by atomic mass is 10.2. The second-order valence-electron chi connectivity index (χ2n) is 3.29. The van der Waals surface area contributed by atoms with Gasteiger partial charge in [-0.15, -0.1) is 0 Å². The van der Waals surface area contributed by atoms with Gasteiger partial charge in [0.15, 0.2) is 0 Å². The zero-order valence-corrected chi connectivity index (χ0v) is 9.39. The van der Waals surface area contributed by atoms with Gasteiger partial charge in [-0.3, -0.25) is 0 Å². The van der Waals surface area contributed by atoms with Crippen molar-refractivity contribution in [1.82, 2.24) is 0 Å². The minimum Gasteiger partial charge on any atom is -0.465 e. The van der Waals surface area contributed by atoms with Crippen LogP contribution in [0.2, 0.25) is 5.02 Å². The molecule has 2 aromatic carbocycles. The largest absolute Gasteiger partial charge is 0.465 e. The molecular formula is C14H11ClO. The fraction of sp³-hybridized carbons (Fsp3) is 0. The van der Waals surface area contributed by atoms with E-state index in [1.165, 1.54) is 0 Å². The molecule has 0 unspecified atom stereocenters. The van der Waals surface area contributed by atoms with Gasteiger partial charge in [-0.25, -0.2) is 0 Å². The highest BCUT2D eigenvalue weighted by Gasteiger charge is 1.89. The van der Waals surface area contributed by atoms with E-state index in [1.54, 1.807) is 6.26 Å². The number of para-hydroxylation sites is 1. The second-order valence-corrected chi connectivity index (χ2v) is 3.72. The van der Waals surface area contributed by atoms with Gasteiger partial charge in [0.1, 0.15) is 5.75 Å². The Kier molecular flexibility index (Phi) is 3.62. The molecule has 16 heavy (non-hydrogen) atoms. The Morgan fingerprint density at radius 2 is 1.56 bits per heavy atom. The molecule has 0 saturated carbocycles. The van der Waals surface area contributed by atoms with Crippen molar-refractivity contribution in [2.45, 2.75) is 0 Å². The fourth-order valence-corrected chi connectivity index (χ4v) is 1.39. The minimum absolute atomic E-state index is 0.737. The predicted molar refractivity (Wildman–Crippen MR) is 67.6 cm³/mol. The number of halogens is 1. The molecule has 0 heterocycles. The smallest absolute Gasteiger partial charge is 0.126 e. The molecule has 2 heteroatoms. The molecule has 0 aromatic heterocycles. The molecule has 0 atom stereocenters. The van der Waals surface area contributed by atoms with Gasteiger partial charge in [0.25, 0.3) is 0 Å². The van der Waals surface area contributed by atoms with Crippen LogP contribution >= 0.6 is 11.6 Å². The van der Waals surface area contributed by atoms with E-state index in [1.807, 2.05) is 60.7 Å². The van der Waals surface area contributed by atoms with E-state index in [0.29, 0.717) is 0 Å². The van der Waals surface area contributed by atoms with Crippen LogP contribution in [0.5, 0.6) is 5.75 Å². The fourth-order valence-electron chi connectivity index (χ4n) is 1.26. The molecule has 0 aliphatic carbocycles. The van der Waals surface area contributed by atoms with Gasteiger partial charge in [0, 0.05) is 5.02 Å². The average molecular weight is 231 g/mol. The van der Waals surface area contributed by atoms with Gasteiger partial charge in [-0.1, -0.05) is 41.9 Å². The summed E-state index contributed by atoms with van der Waals surface area (Å²) in [4.78, 5) is 0. The number of hydrogen-bond donors (Lipinski definition) is 0. The van der Waals surface area contributed by atoms with Gasteiger partial charge < -0.3 is 4.74 Å². The molecule has 0 radical (unpaired) electrons. The molecule has 2 rings (SSSR count). The number of rotatable bonds is 3. The summed E-state index contributed by atoms with van der Waals surface area (Å²) in [6.07, 6.45) is 3.56. The summed E-state index contributed by atoms with van der Waals surface area (Å²) < 4.78 is 5.43. The maximum absolute atomic E-state index is 5.79. The summed E-state index contributed by atoms with van der Waals surface area (Å²) in [6, 6.07) is 17.2. The maximum Gasteiger partial charge on any atom is 0.126 e. The molecule has 0 aliphatic rings. The third-order valence-corrected chi connectivity index (χ3v) is 2.33.